The first kappa shape index (κ1) is 13.2. The smallest absolute Gasteiger partial charge is 0.328 e. The molecule has 0 radical (unpaired) electrons. The van der Waals surface area contributed by atoms with E-state index >= 15 is 0 Å². The third-order valence-electron chi connectivity index (χ3n) is 2.33. The third kappa shape index (κ3) is 3.37. The van der Waals surface area contributed by atoms with Crippen molar-refractivity contribution in [1.29, 1.82) is 0 Å². The number of nitrogen functional groups attached to an aromatic ring is 1. The molecule has 0 saturated heterocycles. The van der Waals surface area contributed by atoms with Crippen LogP contribution in [-0.4, -0.2) is 21.4 Å². The van der Waals surface area contributed by atoms with E-state index in [4.69, 9.17) is 14.9 Å². The molecular formula is C13H17N3O3. The number of aromatic nitrogens is 2. The van der Waals surface area contributed by atoms with E-state index in [0.29, 0.717) is 11.5 Å². The summed E-state index contributed by atoms with van der Waals surface area (Å²) in [5.41, 5.74) is 6.78. The molecule has 0 aliphatic carbocycles. The second kappa shape index (κ2) is 4.79. The lowest BCUT2D eigenvalue weighted by molar-refractivity contribution is -0.155. The van der Waals surface area contributed by atoms with Gasteiger partial charge in [-0.25, -0.2) is 4.68 Å². The molecule has 2 aromatic rings. The Labute approximate surface area is 111 Å². The minimum atomic E-state index is -0.521. The number of hydrogen-bond acceptors (Lipinski definition) is 5. The Morgan fingerprint density at radius 3 is 2.84 bits per heavy atom. The second-order valence-corrected chi connectivity index (χ2v) is 5.21. The molecule has 0 spiro atoms. The van der Waals surface area contributed by atoms with Gasteiger partial charge in [-0.05, 0) is 26.8 Å². The molecule has 2 N–H and O–H groups in total. The third-order valence-corrected chi connectivity index (χ3v) is 2.33. The zero-order valence-corrected chi connectivity index (χ0v) is 11.2. The fourth-order valence-corrected chi connectivity index (χ4v) is 1.61. The van der Waals surface area contributed by atoms with Crippen LogP contribution in [0.15, 0.2) is 29.1 Å². The lowest BCUT2D eigenvalue weighted by Gasteiger charge is -2.19. The lowest BCUT2D eigenvalue weighted by Crippen LogP contribution is -2.27. The first-order valence-electron chi connectivity index (χ1n) is 5.93. The number of carbonyl (C=O) groups excluding carboxylic acids is 1. The van der Waals surface area contributed by atoms with Gasteiger partial charge in [0.25, 0.3) is 0 Å². The van der Waals surface area contributed by atoms with Gasteiger partial charge in [-0.2, -0.15) is 5.10 Å². The van der Waals surface area contributed by atoms with E-state index in [1.54, 1.807) is 24.7 Å². The molecule has 0 atom stereocenters. The van der Waals surface area contributed by atoms with Crippen molar-refractivity contribution < 1.29 is 13.9 Å². The number of nitrogens with zero attached hydrogens (tertiary/aromatic N) is 2. The van der Waals surface area contributed by atoms with Crippen LogP contribution in [0.2, 0.25) is 0 Å². The Kier molecular flexibility index (Phi) is 3.33. The highest BCUT2D eigenvalue weighted by molar-refractivity contribution is 5.71. The van der Waals surface area contributed by atoms with E-state index < -0.39 is 5.60 Å². The van der Waals surface area contributed by atoms with E-state index in [2.05, 4.69) is 5.10 Å². The Bertz CT molecular complexity index is 564. The number of hydrogen-bond donors (Lipinski definition) is 1. The Morgan fingerprint density at radius 2 is 2.26 bits per heavy atom. The number of furan rings is 1. The summed E-state index contributed by atoms with van der Waals surface area (Å²) >= 11 is 0. The van der Waals surface area contributed by atoms with Crippen LogP contribution in [-0.2, 0) is 16.1 Å². The second-order valence-electron chi connectivity index (χ2n) is 5.21. The molecular weight excluding hydrogens is 246 g/mol. The van der Waals surface area contributed by atoms with Gasteiger partial charge in [0, 0.05) is 11.6 Å². The van der Waals surface area contributed by atoms with Gasteiger partial charge in [-0.1, -0.05) is 0 Å². The van der Waals surface area contributed by atoms with Gasteiger partial charge in [0.15, 0.2) is 0 Å². The number of nitrogens with two attached hydrogens (primary N) is 1. The molecule has 2 heterocycles. The SMILES string of the molecule is CC(C)(C)OC(=O)Cn1nc(-c2ccoc2)cc1N. The maximum absolute atomic E-state index is 11.7. The summed E-state index contributed by atoms with van der Waals surface area (Å²) < 4.78 is 11.6. The molecule has 0 amide bonds. The van der Waals surface area contributed by atoms with Crippen molar-refractivity contribution in [2.75, 3.05) is 5.73 Å². The van der Waals surface area contributed by atoms with Crippen LogP contribution < -0.4 is 5.73 Å². The van der Waals surface area contributed by atoms with Gasteiger partial charge < -0.3 is 14.9 Å². The Hall–Kier alpha value is -2.24. The predicted octanol–water partition coefficient (Wildman–Crippen LogP) is 2.07. The molecule has 0 unspecified atom stereocenters. The van der Waals surface area contributed by atoms with Gasteiger partial charge in [-0.15, -0.1) is 0 Å². The highest BCUT2D eigenvalue weighted by Crippen LogP contribution is 2.20. The molecule has 6 nitrogen and oxygen atoms in total. The van der Waals surface area contributed by atoms with Crippen LogP contribution in [0, 0.1) is 0 Å². The number of rotatable bonds is 3. The average molecular weight is 263 g/mol. The largest absolute Gasteiger partial charge is 0.472 e. The van der Waals surface area contributed by atoms with Crippen LogP contribution in [0.5, 0.6) is 0 Å². The van der Waals surface area contributed by atoms with Crippen LogP contribution >= 0.6 is 0 Å². The molecule has 0 aliphatic heterocycles. The fourth-order valence-electron chi connectivity index (χ4n) is 1.61. The highest BCUT2D eigenvalue weighted by Gasteiger charge is 2.18. The maximum Gasteiger partial charge on any atom is 0.328 e. The maximum atomic E-state index is 11.7. The van der Waals surface area contributed by atoms with Crippen molar-refractivity contribution >= 4 is 11.8 Å². The Balaban J connectivity index is 2.12. The van der Waals surface area contributed by atoms with Crippen molar-refractivity contribution in [3.8, 4) is 11.3 Å². The fraction of sp³-hybridized carbons (Fsp3) is 0.385. The molecule has 0 fully saturated rings. The van der Waals surface area contributed by atoms with Crippen molar-refractivity contribution in [3.63, 3.8) is 0 Å². The summed E-state index contributed by atoms with van der Waals surface area (Å²) in [6.45, 7) is 5.43. The molecule has 19 heavy (non-hydrogen) atoms. The van der Waals surface area contributed by atoms with Gasteiger partial charge >= 0.3 is 5.97 Å². The number of ether oxygens (including phenoxy) is 1. The summed E-state index contributed by atoms with van der Waals surface area (Å²) in [5, 5.41) is 4.25. The normalized spacial score (nSPS) is 11.5. The predicted molar refractivity (Wildman–Crippen MR) is 70.2 cm³/mol. The van der Waals surface area contributed by atoms with Gasteiger partial charge in [0.1, 0.15) is 18.0 Å². The first-order valence-corrected chi connectivity index (χ1v) is 5.93. The standard InChI is InChI=1S/C13H17N3O3/c1-13(2,3)19-12(17)7-16-11(14)6-10(15-16)9-4-5-18-8-9/h4-6,8H,7,14H2,1-3H3. The minimum absolute atomic E-state index is 0.0129. The summed E-state index contributed by atoms with van der Waals surface area (Å²) in [6, 6.07) is 3.47. The van der Waals surface area contributed by atoms with Crippen molar-refractivity contribution in [1.82, 2.24) is 9.78 Å². The van der Waals surface area contributed by atoms with Crippen molar-refractivity contribution in [2.24, 2.45) is 0 Å². The van der Waals surface area contributed by atoms with E-state index in [-0.39, 0.29) is 12.5 Å². The van der Waals surface area contributed by atoms with Crippen LogP contribution in [0.4, 0.5) is 5.82 Å². The topological polar surface area (TPSA) is 83.3 Å². The van der Waals surface area contributed by atoms with E-state index in [9.17, 15) is 4.79 Å². The molecule has 0 aromatic carbocycles. The van der Waals surface area contributed by atoms with E-state index in [1.165, 1.54) is 4.68 Å². The number of esters is 1. The van der Waals surface area contributed by atoms with Crippen molar-refractivity contribution in [3.05, 3.63) is 24.7 Å². The van der Waals surface area contributed by atoms with E-state index in [1.807, 2.05) is 20.8 Å². The quantitative estimate of drug-likeness (QED) is 0.857. The van der Waals surface area contributed by atoms with Crippen molar-refractivity contribution in [2.45, 2.75) is 32.9 Å². The summed E-state index contributed by atoms with van der Waals surface area (Å²) in [7, 11) is 0. The molecule has 102 valence electrons. The van der Waals surface area contributed by atoms with Gasteiger partial charge in [-0.3, -0.25) is 4.79 Å². The minimum Gasteiger partial charge on any atom is -0.472 e. The zero-order chi connectivity index (χ0) is 14.0. The van der Waals surface area contributed by atoms with E-state index in [0.717, 1.165) is 5.56 Å². The first-order chi connectivity index (χ1) is 8.85. The Morgan fingerprint density at radius 1 is 1.53 bits per heavy atom. The zero-order valence-electron chi connectivity index (χ0n) is 11.2. The summed E-state index contributed by atoms with van der Waals surface area (Å²) in [4.78, 5) is 11.7. The molecule has 0 bridgehead atoms. The number of carbonyl (C=O) groups is 1. The summed E-state index contributed by atoms with van der Waals surface area (Å²) in [6.07, 6.45) is 3.12. The van der Waals surface area contributed by atoms with Crippen LogP contribution in [0.1, 0.15) is 20.8 Å². The lowest BCUT2D eigenvalue weighted by atomic mass is 10.2. The monoisotopic (exact) mass is 263 g/mol. The molecule has 0 aliphatic rings. The van der Waals surface area contributed by atoms with Gasteiger partial charge in [0.05, 0.1) is 18.2 Å². The van der Waals surface area contributed by atoms with Crippen LogP contribution in [0.25, 0.3) is 11.3 Å². The average Bonchev–Trinajstić information content (AvgIpc) is 2.85. The number of anilines is 1. The molecule has 2 aromatic heterocycles. The molecule has 0 saturated carbocycles. The van der Waals surface area contributed by atoms with Gasteiger partial charge in [0.2, 0.25) is 0 Å². The van der Waals surface area contributed by atoms with Crippen LogP contribution in [0.3, 0.4) is 0 Å². The molecule has 6 heteroatoms. The summed E-state index contributed by atoms with van der Waals surface area (Å²) in [5.74, 6) is 0.0307. The molecule has 2 rings (SSSR count). The highest BCUT2D eigenvalue weighted by atomic mass is 16.6.